The van der Waals surface area contributed by atoms with Crippen LogP contribution in [0.15, 0.2) is 46.9 Å². The van der Waals surface area contributed by atoms with Crippen molar-refractivity contribution >= 4 is 33.2 Å². The molecule has 1 heterocycles. The molecular formula is C14H11BrClN. The van der Waals surface area contributed by atoms with Crippen LogP contribution in [0.3, 0.4) is 0 Å². The minimum Gasteiger partial charge on any atom is -0.378 e. The molecule has 86 valence electrons. The van der Waals surface area contributed by atoms with E-state index >= 15 is 0 Å². The van der Waals surface area contributed by atoms with E-state index in [1.54, 1.807) is 0 Å². The van der Waals surface area contributed by atoms with Gasteiger partial charge in [-0.3, -0.25) is 0 Å². The van der Waals surface area contributed by atoms with E-state index in [0.29, 0.717) is 6.04 Å². The third-order valence-corrected chi connectivity index (χ3v) is 4.06. The molecule has 0 amide bonds. The van der Waals surface area contributed by atoms with E-state index in [4.69, 9.17) is 11.6 Å². The molecule has 3 heteroatoms. The largest absolute Gasteiger partial charge is 0.378 e. The average molecular weight is 309 g/mol. The Morgan fingerprint density at radius 3 is 2.82 bits per heavy atom. The molecule has 1 N–H and O–H groups in total. The Balaban J connectivity index is 1.94. The van der Waals surface area contributed by atoms with Crippen LogP contribution < -0.4 is 5.32 Å². The zero-order valence-corrected chi connectivity index (χ0v) is 11.4. The van der Waals surface area contributed by atoms with E-state index in [2.05, 4.69) is 45.5 Å². The minimum atomic E-state index is 0.332. The molecule has 1 nitrogen and oxygen atoms in total. The van der Waals surface area contributed by atoms with Crippen LogP contribution in [-0.4, -0.2) is 0 Å². The SMILES string of the molecule is Clc1ccc2c(c1)NC(c1ccccc1Br)C2. The average Bonchev–Trinajstić information content (AvgIpc) is 2.72. The lowest BCUT2D eigenvalue weighted by Crippen LogP contribution is -2.06. The summed E-state index contributed by atoms with van der Waals surface area (Å²) >= 11 is 9.60. The van der Waals surface area contributed by atoms with Gasteiger partial charge in [-0.2, -0.15) is 0 Å². The van der Waals surface area contributed by atoms with Crippen molar-refractivity contribution < 1.29 is 0 Å². The van der Waals surface area contributed by atoms with Crippen LogP contribution in [0.5, 0.6) is 0 Å². The van der Waals surface area contributed by atoms with Crippen LogP contribution in [0.4, 0.5) is 5.69 Å². The van der Waals surface area contributed by atoms with Gasteiger partial charge in [0.05, 0.1) is 6.04 Å². The van der Waals surface area contributed by atoms with Gasteiger partial charge in [-0.25, -0.2) is 0 Å². The summed E-state index contributed by atoms with van der Waals surface area (Å²) in [4.78, 5) is 0. The van der Waals surface area contributed by atoms with E-state index in [0.717, 1.165) is 21.6 Å². The van der Waals surface area contributed by atoms with Crippen LogP contribution in [0, 0.1) is 0 Å². The van der Waals surface area contributed by atoms with E-state index < -0.39 is 0 Å². The number of fused-ring (bicyclic) bond motifs is 1. The van der Waals surface area contributed by atoms with Crippen LogP contribution in [-0.2, 0) is 6.42 Å². The fraction of sp³-hybridized carbons (Fsp3) is 0.143. The molecule has 2 aromatic rings. The summed E-state index contributed by atoms with van der Waals surface area (Å²) in [6, 6.07) is 14.7. The van der Waals surface area contributed by atoms with Gasteiger partial charge in [-0.15, -0.1) is 0 Å². The van der Waals surface area contributed by atoms with Crippen LogP contribution in [0.1, 0.15) is 17.2 Å². The number of hydrogen-bond acceptors (Lipinski definition) is 1. The lowest BCUT2D eigenvalue weighted by atomic mass is 10.0. The Kier molecular flexibility index (Phi) is 2.85. The van der Waals surface area contributed by atoms with Crippen LogP contribution in [0.2, 0.25) is 5.02 Å². The van der Waals surface area contributed by atoms with Gasteiger partial charge in [0.15, 0.2) is 0 Å². The fourth-order valence-corrected chi connectivity index (χ4v) is 3.00. The Labute approximate surface area is 114 Å². The quantitative estimate of drug-likeness (QED) is 0.797. The predicted octanol–water partition coefficient (Wildman–Crippen LogP) is 4.81. The van der Waals surface area contributed by atoms with Gasteiger partial charge >= 0.3 is 0 Å². The first kappa shape index (κ1) is 11.1. The smallest absolute Gasteiger partial charge is 0.0566 e. The number of rotatable bonds is 1. The Morgan fingerprint density at radius 1 is 1.18 bits per heavy atom. The molecule has 1 aliphatic rings. The Morgan fingerprint density at radius 2 is 2.00 bits per heavy atom. The molecule has 0 spiro atoms. The first-order valence-electron chi connectivity index (χ1n) is 5.53. The third-order valence-electron chi connectivity index (χ3n) is 3.11. The van der Waals surface area contributed by atoms with E-state index in [9.17, 15) is 0 Å². The van der Waals surface area contributed by atoms with Crippen molar-refractivity contribution in [3.63, 3.8) is 0 Å². The molecule has 0 bridgehead atoms. The molecule has 2 aromatic carbocycles. The normalized spacial score (nSPS) is 17.6. The van der Waals surface area contributed by atoms with Gasteiger partial charge in [-0.05, 0) is 35.7 Å². The molecule has 0 aliphatic carbocycles. The summed E-state index contributed by atoms with van der Waals surface area (Å²) in [6.07, 6.45) is 1.01. The Bertz CT molecular complexity index is 568. The van der Waals surface area contributed by atoms with Gasteiger partial charge in [0.2, 0.25) is 0 Å². The molecule has 1 unspecified atom stereocenters. The molecule has 1 aliphatic heterocycles. The summed E-state index contributed by atoms with van der Waals surface area (Å²) in [5, 5.41) is 4.30. The second kappa shape index (κ2) is 4.35. The van der Waals surface area contributed by atoms with Gasteiger partial charge in [0, 0.05) is 15.2 Å². The van der Waals surface area contributed by atoms with E-state index in [-0.39, 0.29) is 0 Å². The van der Waals surface area contributed by atoms with Crippen molar-refractivity contribution in [2.45, 2.75) is 12.5 Å². The number of anilines is 1. The highest BCUT2D eigenvalue weighted by atomic mass is 79.9. The molecular weight excluding hydrogens is 298 g/mol. The molecule has 17 heavy (non-hydrogen) atoms. The van der Waals surface area contributed by atoms with E-state index in [1.165, 1.54) is 11.1 Å². The molecule has 0 fully saturated rings. The molecule has 1 atom stereocenters. The van der Waals surface area contributed by atoms with Crippen molar-refractivity contribution in [3.05, 3.63) is 63.1 Å². The Hall–Kier alpha value is -0.990. The molecule has 0 aromatic heterocycles. The van der Waals surface area contributed by atoms with Crippen molar-refractivity contribution in [2.24, 2.45) is 0 Å². The highest BCUT2D eigenvalue weighted by Gasteiger charge is 2.23. The lowest BCUT2D eigenvalue weighted by molar-refractivity contribution is 0.819. The predicted molar refractivity (Wildman–Crippen MR) is 75.7 cm³/mol. The topological polar surface area (TPSA) is 12.0 Å². The number of hydrogen-bond donors (Lipinski definition) is 1. The fourth-order valence-electron chi connectivity index (χ4n) is 2.27. The molecule has 0 saturated heterocycles. The van der Waals surface area contributed by atoms with Gasteiger partial charge < -0.3 is 5.32 Å². The first-order valence-corrected chi connectivity index (χ1v) is 6.70. The number of halogens is 2. The molecule has 0 radical (unpaired) electrons. The van der Waals surface area contributed by atoms with Crippen molar-refractivity contribution in [2.75, 3.05) is 5.32 Å². The highest BCUT2D eigenvalue weighted by Crippen LogP contribution is 2.37. The van der Waals surface area contributed by atoms with Crippen molar-refractivity contribution in [1.29, 1.82) is 0 Å². The van der Waals surface area contributed by atoms with Crippen LogP contribution in [0.25, 0.3) is 0 Å². The van der Waals surface area contributed by atoms with Gasteiger partial charge in [0.25, 0.3) is 0 Å². The second-order valence-electron chi connectivity index (χ2n) is 4.22. The number of nitrogens with one attached hydrogen (secondary N) is 1. The zero-order chi connectivity index (χ0) is 11.8. The summed E-state index contributed by atoms with van der Waals surface area (Å²) in [5.41, 5.74) is 3.77. The summed E-state index contributed by atoms with van der Waals surface area (Å²) in [7, 11) is 0. The lowest BCUT2D eigenvalue weighted by Gasteiger charge is -2.13. The van der Waals surface area contributed by atoms with Gasteiger partial charge in [-0.1, -0.05) is 51.8 Å². The summed E-state index contributed by atoms with van der Waals surface area (Å²) in [5.74, 6) is 0. The summed E-state index contributed by atoms with van der Waals surface area (Å²) < 4.78 is 1.15. The third kappa shape index (κ3) is 2.07. The molecule has 3 rings (SSSR count). The summed E-state index contributed by atoms with van der Waals surface area (Å²) in [6.45, 7) is 0. The monoisotopic (exact) mass is 307 g/mol. The standard InChI is InChI=1S/C14H11BrClN/c15-12-4-2-1-3-11(12)14-7-9-5-6-10(16)8-13(9)17-14/h1-6,8,14,17H,7H2. The van der Waals surface area contributed by atoms with Crippen molar-refractivity contribution in [1.82, 2.24) is 0 Å². The first-order chi connectivity index (χ1) is 8.24. The highest BCUT2D eigenvalue weighted by molar-refractivity contribution is 9.10. The molecule has 0 saturated carbocycles. The maximum Gasteiger partial charge on any atom is 0.0566 e. The maximum absolute atomic E-state index is 6.00. The van der Waals surface area contributed by atoms with E-state index in [1.807, 2.05) is 18.2 Å². The second-order valence-corrected chi connectivity index (χ2v) is 5.51. The van der Waals surface area contributed by atoms with Gasteiger partial charge in [0.1, 0.15) is 0 Å². The maximum atomic E-state index is 6.00. The minimum absolute atomic E-state index is 0.332. The zero-order valence-electron chi connectivity index (χ0n) is 9.08. The van der Waals surface area contributed by atoms with Crippen molar-refractivity contribution in [3.8, 4) is 0 Å². The number of benzene rings is 2. The van der Waals surface area contributed by atoms with Crippen LogP contribution >= 0.6 is 27.5 Å².